The van der Waals surface area contributed by atoms with Crippen LogP contribution in [0.3, 0.4) is 0 Å². The van der Waals surface area contributed by atoms with Crippen molar-refractivity contribution in [3.8, 4) is 23.0 Å². The quantitative estimate of drug-likeness (QED) is 0.401. The van der Waals surface area contributed by atoms with Crippen LogP contribution in [0.25, 0.3) is 0 Å². The molecule has 1 atom stereocenters. The lowest BCUT2D eigenvalue weighted by Crippen LogP contribution is -2.36. The van der Waals surface area contributed by atoms with Gasteiger partial charge < -0.3 is 24.1 Å². The van der Waals surface area contributed by atoms with Gasteiger partial charge in [0.15, 0.2) is 11.5 Å². The number of nitrogens with zero attached hydrogens (tertiary/aromatic N) is 1. The molecule has 3 aromatic rings. The molecular formula is C28H35NO5. The number of aliphatic hydroxyl groups is 1. The van der Waals surface area contributed by atoms with E-state index in [1.54, 1.807) is 21.3 Å². The summed E-state index contributed by atoms with van der Waals surface area (Å²) in [6.45, 7) is 4.22. The SMILES string of the molecule is COc1ccc(CN(CCc2ccc(OC)c(OC)c2)CC(O)COc2cccc(C)c2)cc1. The number of hydrogen-bond donors (Lipinski definition) is 1. The summed E-state index contributed by atoms with van der Waals surface area (Å²) in [6.07, 6.45) is 0.186. The van der Waals surface area contributed by atoms with Crippen molar-refractivity contribution in [3.05, 3.63) is 83.4 Å². The van der Waals surface area contributed by atoms with E-state index in [9.17, 15) is 5.11 Å². The third kappa shape index (κ3) is 7.68. The Morgan fingerprint density at radius 3 is 2.21 bits per heavy atom. The summed E-state index contributed by atoms with van der Waals surface area (Å²) in [6, 6.07) is 21.8. The zero-order valence-corrected chi connectivity index (χ0v) is 20.5. The summed E-state index contributed by atoms with van der Waals surface area (Å²) in [5.41, 5.74) is 3.42. The van der Waals surface area contributed by atoms with Crippen molar-refractivity contribution in [1.29, 1.82) is 0 Å². The molecule has 0 heterocycles. The number of hydrogen-bond acceptors (Lipinski definition) is 6. The second kappa shape index (κ2) is 12.9. The molecule has 1 unspecified atom stereocenters. The van der Waals surface area contributed by atoms with Crippen molar-refractivity contribution in [2.45, 2.75) is 26.0 Å². The summed E-state index contributed by atoms with van der Waals surface area (Å²) >= 11 is 0. The van der Waals surface area contributed by atoms with Gasteiger partial charge in [-0.1, -0.05) is 30.3 Å². The Morgan fingerprint density at radius 2 is 1.53 bits per heavy atom. The number of aliphatic hydroxyl groups excluding tert-OH is 1. The Hall–Kier alpha value is -3.22. The molecule has 0 aliphatic carbocycles. The molecular weight excluding hydrogens is 430 g/mol. The molecule has 6 heteroatoms. The molecule has 0 fully saturated rings. The maximum atomic E-state index is 10.7. The van der Waals surface area contributed by atoms with Crippen LogP contribution in [0.4, 0.5) is 0 Å². The maximum absolute atomic E-state index is 10.7. The topological polar surface area (TPSA) is 60.4 Å². The largest absolute Gasteiger partial charge is 0.497 e. The molecule has 0 amide bonds. The lowest BCUT2D eigenvalue weighted by Gasteiger charge is -2.25. The van der Waals surface area contributed by atoms with Crippen LogP contribution in [0.2, 0.25) is 0 Å². The first-order valence-electron chi connectivity index (χ1n) is 11.4. The van der Waals surface area contributed by atoms with Gasteiger partial charge in [0.2, 0.25) is 0 Å². The zero-order chi connectivity index (χ0) is 24.3. The van der Waals surface area contributed by atoms with Crippen LogP contribution in [0.5, 0.6) is 23.0 Å². The van der Waals surface area contributed by atoms with Crippen LogP contribution in [-0.2, 0) is 13.0 Å². The lowest BCUT2D eigenvalue weighted by molar-refractivity contribution is 0.0659. The molecule has 3 rings (SSSR count). The van der Waals surface area contributed by atoms with Crippen molar-refractivity contribution in [1.82, 2.24) is 4.90 Å². The van der Waals surface area contributed by atoms with E-state index in [1.807, 2.05) is 61.5 Å². The van der Waals surface area contributed by atoms with Gasteiger partial charge in [-0.05, 0) is 66.4 Å². The van der Waals surface area contributed by atoms with Crippen molar-refractivity contribution >= 4 is 0 Å². The minimum Gasteiger partial charge on any atom is -0.497 e. The van der Waals surface area contributed by atoms with Crippen LogP contribution in [0, 0.1) is 6.92 Å². The first-order valence-corrected chi connectivity index (χ1v) is 11.4. The molecule has 34 heavy (non-hydrogen) atoms. The third-order valence-electron chi connectivity index (χ3n) is 5.63. The third-order valence-corrected chi connectivity index (χ3v) is 5.63. The van der Waals surface area contributed by atoms with Crippen LogP contribution in [-0.4, -0.2) is 57.1 Å². The van der Waals surface area contributed by atoms with E-state index >= 15 is 0 Å². The Labute approximate surface area is 202 Å². The smallest absolute Gasteiger partial charge is 0.160 e. The molecule has 1 N–H and O–H groups in total. The predicted octanol–water partition coefficient (Wildman–Crippen LogP) is 4.51. The van der Waals surface area contributed by atoms with E-state index in [1.165, 1.54) is 0 Å². The van der Waals surface area contributed by atoms with Gasteiger partial charge in [-0.25, -0.2) is 0 Å². The second-order valence-corrected chi connectivity index (χ2v) is 8.30. The minimum absolute atomic E-state index is 0.235. The average Bonchev–Trinajstić information content (AvgIpc) is 2.86. The first kappa shape index (κ1) is 25.4. The standard InChI is InChI=1S/C28H35NO5/c1-21-6-5-7-26(16-21)34-20-24(30)19-29(18-23-8-11-25(31-2)12-9-23)15-14-22-10-13-27(32-3)28(17-22)33-4/h5-13,16-17,24,30H,14-15,18-20H2,1-4H3. The first-order chi connectivity index (χ1) is 16.5. The average molecular weight is 466 g/mol. The lowest BCUT2D eigenvalue weighted by atomic mass is 10.1. The summed E-state index contributed by atoms with van der Waals surface area (Å²) < 4.78 is 21.9. The molecule has 0 spiro atoms. The summed E-state index contributed by atoms with van der Waals surface area (Å²) in [4.78, 5) is 2.24. The van der Waals surface area contributed by atoms with Gasteiger partial charge in [0.1, 0.15) is 24.2 Å². The van der Waals surface area contributed by atoms with Crippen molar-refractivity contribution in [2.75, 3.05) is 41.0 Å². The highest BCUT2D eigenvalue weighted by Gasteiger charge is 2.15. The van der Waals surface area contributed by atoms with Crippen LogP contribution in [0.1, 0.15) is 16.7 Å². The molecule has 0 saturated carbocycles. The van der Waals surface area contributed by atoms with Gasteiger partial charge in [0, 0.05) is 19.6 Å². The Balaban J connectivity index is 1.65. The van der Waals surface area contributed by atoms with E-state index in [0.29, 0.717) is 24.6 Å². The highest BCUT2D eigenvalue weighted by molar-refractivity contribution is 5.43. The Morgan fingerprint density at radius 1 is 0.794 bits per heavy atom. The van der Waals surface area contributed by atoms with Gasteiger partial charge in [0.25, 0.3) is 0 Å². The molecule has 0 saturated heterocycles. The van der Waals surface area contributed by atoms with Crippen LogP contribution >= 0.6 is 0 Å². The molecule has 0 bridgehead atoms. The van der Waals surface area contributed by atoms with Gasteiger partial charge in [-0.15, -0.1) is 0 Å². The van der Waals surface area contributed by atoms with Gasteiger partial charge in [-0.2, -0.15) is 0 Å². The monoisotopic (exact) mass is 465 g/mol. The fraction of sp³-hybridized carbons (Fsp3) is 0.357. The number of benzene rings is 3. The molecule has 182 valence electrons. The normalized spacial score (nSPS) is 11.8. The number of methoxy groups -OCH3 is 3. The highest BCUT2D eigenvalue weighted by atomic mass is 16.5. The van der Waals surface area contributed by atoms with Crippen molar-refractivity contribution in [3.63, 3.8) is 0 Å². The maximum Gasteiger partial charge on any atom is 0.160 e. The van der Waals surface area contributed by atoms with E-state index in [-0.39, 0.29) is 6.61 Å². The van der Waals surface area contributed by atoms with E-state index < -0.39 is 6.10 Å². The molecule has 0 aliphatic rings. The fourth-order valence-corrected chi connectivity index (χ4v) is 3.80. The molecule has 0 radical (unpaired) electrons. The summed E-state index contributed by atoms with van der Waals surface area (Å²) in [5.74, 6) is 3.02. The van der Waals surface area contributed by atoms with E-state index in [4.69, 9.17) is 18.9 Å². The van der Waals surface area contributed by atoms with E-state index in [0.717, 1.165) is 41.2 Å². The Bertz CT molecular complexity index is 1020. The number of aryl methyl sites for hydroxylation is 1. The highest BCUT2D eigenvalue weighted by Crippen LogP contribution is 2.28. The molecule has 0 aliphatic heterocycles. The van der Waals surface area contributed by atoms with Crippen molar-refractivity contribution in [2.24, 2.45) is 0 Å². The number of ether oxygens (including phenoxy) is 4. The van der Waals surface area contributed by atoms with Gasteiger partial charge in [0.05, 0.1) is 21.3 Å². The van der Waals surface area contributed by atoms with Gasteiger partial charge >= 0.3 is 0 Å². The van der Waals surface area contributed by atoms with E-state index in [2.05, 4.69) is 17.0 Å². The zero-order valence-electron chi connectivity index (χ0n) is 20.5. The van der Waals surface area contributed by atoms with Crippen LogP contribution < -0.4 is 18.9 Å². The fourth-order valence-electron chi connectivity index (χ4n) is 3.80. The minimum atomic E-state index is -0.621. The molecule has 0 aromatic heterocycles. The van der Waals surface area contributed by atoms with Gasteiger partial charge in [-0.3, -0.25) is 4.90 Å². The summed E-state index contributed by atoms with van der Waals surface area (Å²) in [5, 5.41) is 10.7. The second-order valence-electron chi connectivity index (χ2n) is 8.30. The molecule has 3 aromatic carbocycles. The summed E-state index contributed by atoms with van der Waals surface area (Å²) in [7, 11) is 4.94. The predicted molar refractivity (Wildman–Crippen MR) is 134 cm³/mol. The Kier molecular flexibility index (Phi) is 9.62. The molecule has 6 nitrogen and oxygen atoms in total. The van der Waals surface area contributed by atoms with Crippen LogP contribution in [0.15, 0.2) is 66.7 Å². The van der Waals surface area contributed by atoms with Crippen molar-refractivity contribution < 1.29 is 24.1 Å². The number of rotatable bonds is 13.